The summed E-state index contributed by atoms with van der Waals surface area (Å²) in [5.41, 5.74) is 12.2. The van der Waals surface area contributed by atoms with Gasteiger partial charge in [-0.15, -0.1) is 0 Å². The second-order valence-electron chi connectivity index (χ2n) is 3.09. The van der Waals surface area contributed by atoms with Gasteiger partial charge < -0.3 is 21.1 Å². The highest BCUT2D eigenvalue weighted by Gasteiger charge is 2.09. The third kappa shape index (κ3) is 3.14. The van der Waals surface area contributed by atoms with Crippen LogP contribution in [0.5, 0.6) is 0 Å². The first kappa shape index (κ1) is 10.7. The highest BCUT2D eigenvalue weighted by atomic mass is 16.5. The quantitative estimate of drug-likeness (QED) is 0.629. The molecule has 0 aromatic heterocycles. The molecule has 1 saturated heterocycles. The fourth-order valence-corrected chi connectivity index (χ4v) is 1.20. The van der Waals surface area contributed by atoms with Crippen molar-refractivity contribution in [3.05, 3.63) is 36.3 Å². The third-order valence-electron chi connectivity index (χ3n) is 2.08. The van der Waals surface area contributed by atoms with Crippen LogP contribution in [-0.4, -0.2) is 31.2 Å². The van der Waals surface area contributed by atoms with Gasteiger partial charge in [-0.05, 0) is 12.2 Å². The largest absolute Gasteiger partial charge is 0.403 e. The average Bonchev–Trinajstić information content (AvgIpc) is 2.26. The zero-order valence-electron chi connectivity index (χ0n) is 8.28. The van der Waals surface area contributed by atoms with E-state index >= 15 is 0 Å². The van der Waals surface area contributed by atoms with E-state index in [0.29, 0.717) is 5.70 Å². The molecule has 0 aromatic carbocycles. The molecule has 4 heteroatoms. The minimum atomic E-state index is 0.541. The molecule has 0 radical (unpaired) electrons. The van der Waals surface area contributed by atoms with Gasteiger partial charge in [-0.2, -0.15) is 0 Å². The molecule has 1 rings (SSSR count). The van der Waals surface area contributed by atoms with Gasteiger partial charge in [-0.1, -0.05) is 6.58 Å². The normalized spacial score (nSPS) is 18.9. The smallest absolute Gasteiger partial charge is 0.0642 e. The highest BCUT2D eigenvalue weighted by molar-refractivity contribution is 5.23. The molecule has 0 amide bonds. The summed E-state index contributed by atoms with van der Waals surface area (Å²) < 4.78 is 5.23. The molecule has 0 aromatic rings. The third-order valence-corrected chi connectivity index (χ3v) is 2.08. The van der Waals surface area contributed by atoms with E-state index in [0.717, 1.165) is 32.0 Å². The minimum absolute atomic E-state index is 0.541. The summed E-state index contributed by atoms with van der Waals surface area (Å²) in [5.74, 6) is 0. The van der Waals surface area contributed by atoms with Crippen LogP contribution in [0.4, 0.5) is 0 Å². The maximum Gasteiger partial charge on any atom is 0.0642 e. The predicted molar refractivity (Wildman–Crippen MR) is 57.1 cm³/mol. The first-order valence-electron chi connectivity index (χ1n) is 4.61. The molecule has 1 aliphatic rings. The van der Waals surface area contributed by atoms with Crippen molar-refractivity contribution in [1.29, 1.82) is 0 Å². The molecule has 1 aliphatic heterocycles. The van der Waals surface area contributed by atoms with Crippen LogP contribution in [0, 0.1) is 0 Å². The van der Waals surface area contributed by atoms with E-state index in [4.69, 9.17) is 16.2 Å². The van der Waals surface area contributed by atoms with Crippen LogP contribution in [0.1, 0.15) is 0 Å². The van der Waals surface area contributed by atoms with Gasteiger partial charge in [-0.25, -0.2) is 0 Å². The summed E-state index contributed by atoms with van der Waals surface area (Å²) in [5, 5.41) is 0. The average molecular weight is 195 g/mol. The van der Waals surface area contributed by atoms with E-state index in [1.54, 1.807) is 6.08 Å². The molecule has 78 valence electrons. The Balaban J connectivity index is 2.44. The monoisotopic (exact) mass is 195 g/mol. The number of nitrogens with two attached hydrogens (primary N) is 2. The molecule has 0 unspecified atom stereocenters. The molecule has 0 aliphatic carbocycles. The predicted octanol–water partition coefficient (Wildman–Crippen LogP) is 0.147. The molecule has 0 bridgehead atoms. The standard InChI is InChI=1S/C10H17N3O/c1-9(2-3-10(12)8-11)13-4-6-14-7-5-13/h2-3,8H,1,4-7,11-12H2/b3-2-,10-8+. The number of nitrogens with zero attached hydrogens (tertiary/aromatic N) is 1. The lowest BCUT2D eigenvalue weighted by Crippen LogP contribution is -2.34. The molecule has 0 spiro atoms. The van der Waals surface area contributed by atoms with Crippen molar-refractivity contribution in [1.82, 2.24) is 4.90 Å². The van der Waals surface area contributed by atoms with E-state index in [2.05, 4.69) is 11.5 Å². The second-order valence-corrected chi connectivity index (χ2v) is 3.09. The highest BCUT2D eigenvalue weighted by Crippen LogP contribution is 2.07. The number of hydrogen-bond donors (Lipinski definition) is 2. The van der Waals surface area contributed by atoms with Crippen LogP contribution in [0.15, 0.2) is 36.3 Å². The number of rotatable bonds is 3. The Morgan fingerprint density at radius 1 is 1.29 bits per heavy atom. The molecule has 4 N–H and O–H groups in total. The molecule has 0 saturated carbocycles. The fourth-order valence-electron chi connectivity index (χ4n) is 1.20. The van der Waals surface area contributed by atoms with E-state index in [-0.39, 0.29) is 0 Å². The van der Waals surface area contributed by atoms with E-state index in [1.165, 1.54) is 6.20 Å². The summed E-state index contributed by atoms with van der Waals surface area (Å²) in [4.78, 5) is 2.16. The van der Waals surface area contributed by atoms with Gasteiger partial charge in [0, 0.05) is 30.7 Å². The van der Waals surface area contributed by atoms with Gasteiger partial charge in [0.1, 0.15) is 0 Å². The summed E-state index contributed by atoms with van der Waals surface area (Å²) in [6.07, 6.45) is 4.98. The van der Waals surface area contributed by atoms with Crippen LogP contribution >= 0.6 is 0 Å². The first-order chi connectivity index (χ1) is 6.74. The summed E-state index contributed by atoms with van der Waals surface area (Å²) >= 11 is 0. The summed E-state index contributed by atoms with van der Waals surface area (Å²) in [6.45, 7) is 7.23. The van der Waals surface area contributed by atoms with Crippen LogP contribution < -0.4 is 11.5 Å². The molecular formula is C10H17N3O. The Morgan fingerprint density at radius 3 is 2.50 bits per heavy atom. The van der Waals surface area contributed by atoms with Crippen molar-refractivity contribution in [2.45, 2.75) is 0 Å². The zero-order valence-corrected chi connectivity index (χ0v) is 8.28. The van der Waals surface area contributed by atoms with Gasteiger partial charge in [-0.3, -0.25) is 0 Å². The molecular weight excluding hydrogens is 178 g/mol. The van der Waals surface area contributed by atoms with Crippen LogP contribution in [-0.2, 0) is 4.74 Å². The van der Waals surface area contributed by atoms with Crippen molar-refractivity contribution < 1.29 is 4.74 Å². The van der Waals surface area contributed by atoms with Crippen LogP contribution in [0.25, 0.3) is 0 Å². The van der Waals surface area contributed by atoms with Gasteiger partial charge in [0.2, 0.25) is 0 Å². The van der Waals surface area contributed by atoms with Crippen molar-refractivity contribution in [3.8, 4) is 0 Å². The van der Waals surface area contributed by atoms with Crippen LogP contribution in [0.2, 0.25) is 0 Å². The molecule has 14 heavy (non-hydrogen) atoms. The molecule has 1 fully saturated rings. The summed E-state index contributed by atoms with van der Waals surface area (Å²) in [7, 11) is 0. The number of ether oxygens (including phenoxy) is 1. The van der Waals surface area contributed by atoms with Gasteiger partial charge in [0.25, 0.3) is 0 Å². The molecule has 4 nitrogen and oxygen atoms in total. The second kappa shape index (κ2) is 5.34. The Bertz CT molecular complexity index is 252. The Labute approximate surface area is 84.5 Å². The summed E-state index contributed by atoms with van der Waals surface area (Å²) in [6, 6.07) is 0. The Morgan fingerprint density at radius 2 is 1.93 bits per heavy atom. The van der Waals surface area contributed by atoms with Crippen LogP contribution in [0.3, 0.4) is 0 Å². The Kier molecular flexibility index (Phi) is 4.07. The van der Waals surface area contributed by atoms with E-state index in [9.17, 15) is 0 Å². The first-order valence-corrected chi connectivity index (χ1v) is 4.61. The maximum atomic E-state index is 5.52. The van der Waals surface area contributed by atoms with Gasteiger partial charge in [0.05, 0.1) is 13.2 Å². The van der Waals surface area contributed by atoms with Crippen molar-refractivity contribution in [2.24, 2.45) is 11.5 Å². The number of allylic oxidation sites excluding steroid dienone is 2. The van der Waals surface area contributed by atoms with Crippen molar-refractivity contribution >= 4 is 0 Å². The SMILES string of the molecule is C=C(/C=C\C(N)=C/N)N1CCOCC1. The fraction of sp³-hybridized carbons (Fsp3) is 0.400. The Hall–Kier alpha value is -1.42. The topological polar surface area (TPSA) is 64.5 Å². The lowest BCUT2D eigenvalue weighted by atomic mass is 10.3. The number of morpholine rings is 1. The number of hydrogen-bond acceptors (Lipinski definition) is 4. The van der Waals surface area contributed by atoms with Gasteiger partial charge in [0.15, 0.2) is 0 Å². The van der Waals surface area contributed by atoms with Crippen molar-refractivity contribution in [3.63, 3.8) is 0 Å². The lowest BCUT2D eigenvalue weighted by molar-refractivity contribution is 0.0556. The molecule has 0 atom stereocenters. The maximum absolute atomic E-state index is 5.52. The lowest BCUT2D eigenvalue weighted by Gasteiger charge is -2.28. The van der Waals surface area contributed by atoms with E-state index in [1.807, 2.05) is 6.08 Å². The minimum Gasteiger partial charge on any atom is -0.403 e. The van der Waals surface area contributed by atoms with Crippen molar-refractivity contribution in [2.75, 3.05) is 26.3 Å². The molecule has 1 heterocycles. The van der Waals surface area contributed by atoms with E-state index < -0.39 is 0 Å². The zero-order chi connectivity index (χ0) is 10.4. The van der Waals surface area contributed by atoms with Gasteiger partial charge >= 0.3 is 0 Å².